The molecule has 7 rings (SSSR count). The average molecular weight is 382 g/mol. The Morgan fingerprint density at radius 2 is 1.69 bits per heavy atom. The molecule has 4 heterocycles. The summed E-state index contributed by atoms with van der Waals surface area (Å²) >= 11 is 0. The number of fused-ring (bicyclic) bond motifs is 4. The van der Waals surface area contributed by atoms with E-state index < -0.39 is 0 Å². The highest BCUT2D eigenvalue weighted by molar-refractivity contribution is 5.46. The van der Waals surface area contributed by atoms with Crippen LogP contribution in [0.15, 0.2) is 85.0 Å². The van der Waals surface area contributed by atoms with Crippen LogP contribution in [0.1, 0.15) is 17.5 Å². The number of rotatable bonds is 3. The summed E-state index contributed by atoms with van der Waals surface area (Å²) in [7, 11) is 0. The quantitative estimate of drug-likeness (QED) is 0.821. The molecule has 4 unspecified atom stereocenters. The zero-order valence-corrected chi connectivity index (χ0v) is 16.6. The molecule has 1 spiro atoms. The molecule has 4 saturated heterocycles. The van der Waals surface area contributed by atoms with Crippen molar-refractivity contribution in [1.29, 1.82) is 0 Å². The molecule has 3 heteroatoms. The molecule has 3 nitrogen and oxygen atoms in total. The number of hydrogen-bond donors (Lipinski definition) is 1. The maximum absolute atomic E-state index is 4.05. The Morgan fingerprint density at radius 1 is 0.931 bits per heavy atom. The summed E-state index contributed by atoms with van der Waals surface area (Å²) in [5.74, 6) is 0.594. The molecule has 4 aliphatic heterocycles. The zero-order valence-electron chi connectivity index (χ0n) is 16.6. The van der Waals surface area contributed by atoms with Crippen molar-refractivity contribution in [1.82, 2.24) is 15.1 Å². The third-order valence-electron chi connectivity index (χ3n) is 8.41. The van der Waals surface area contributed by atoms with Crippen molar-refractivity contribution in [2.45, 2.75) is 36.8 Å². The van der Waals surface area contributed by atoms with Gasteiger partial charge in [0.15, 0.2) is 0 Å². The SMILES string of the molecule is C1=CC2NC3N4C[C@]4(c4ccccc4)[C@@H]4N(Cc5ccccc5)CC[C@]34C2C=C1. The fraction of sp³-hybridized carbons (Fsp3) is 0.385. The van der Waals surface area contributed by atoms with E-state index in [-0.39, 0.29) is 5.54 Å². The second kappa shape index (κ2) is 5.69. The molecule has 0 radical (unpaired) electrons. The molecule has 4 fully saturated rings. The van der Waals surface area contributed by atoms with Gasteiger partial charge in [0.05, 0.1) is 11.7 Å². The van der Waals surface area contributed by atoms with E-state index in [1.54, 1.807) is 0 Å². The van der Waals surface area contributed by atoms with Gasteiger partial charge in [-0.1, -0.05) is 85.0 Å². The first-order valence-electron chi connectivity index (χ1n) is 11.1. The van der Waals surface area contributed by atoms with Crippen LogP contribution in [-0.4, -0.2) is 41.1 Å². The molecule has 7 atom stereocenters. The van der Waals surface area contributed by atoms with Gasteiger partial charge < -0.3 is 0 Å². The largest absolute Gasteiger partial charge is 0.294 e. The molecular weight excluding hydrogens is 354 g/mol. The predicted octanol–water partition coefficient (Wildman–Crippen LogP) is 3.51. The number of nitrogens with zero attached hydrogens (tertiary/aromatic N) is 2. The molecule has 146 valence electrons. The molecule has 0 saturated carbocycles. The van der Waals surface area contributed by atoms with Crippen molar-refractivity contribution in [3.63, 3.8) is 0 Å². The summed E-state index contributed by atoms with van der Waals surface area (Å²) in [6.07, 6.45) is 11.2. The van der Waals surface area contributed by atoms with Crippen molar-refractivity contribution >= 4 is 0 Å². The highest BCUT2D eigenvalue weighted by Gasteiger charge is 2.81. The molecule has 1 aliphatic carbocycles. The second-order valence-corrected chi connectivity index (χ2v) is 9.53. The first kappa shape index (κ1) is 16.6. The summed E-state index contributed by atoms with van der Waals surface area (Å²) in [5, 5.41) is 4.05. The van der Waals surface area contributed by atoms with E-state index in [9.17, 15) is 0 Å². The molecule has 2 aromatic rings. The lowest BCUT2D eigenvalue weighted by atomic mass is 9.65. The van der Waals surface area contributed by atoms with Gasteiger partial charge in [-0.15, -0.1) is 0 Å². The first-order valence-corrected chi connectivity index (χ1v) is 11.1. The van der Waals surface area contributed by atoms with Crippen LogP contribution in [0.2, 0.25) is 0 Å². The van der Waals surface area contributed by atoms with Gasteiger partial charge in [-0.05, 0) is 24.1 Å². The molecule has 29 heavy (non-hydrogen) atoms. The molecule has 5 aliphatic rings. The van der Waals surface area contributed by atoms with Gasteiger partial charge in [0.25, 0.3) is 0 Å². The van der Waals surface area contributed by atoms with Crippen molar-refractivity contribution in [2.75, 3.05) is 13.1 Å². The number of nitrogens with one attached hydrogen (secondary N) is 1. The molecular formula is C26H27N3. The fourth-order valence-electron chi connectivity index (χ4n) is 7.42. The number of piperidine rings is 1. The number of allylic oxidation sites excluding steroid dienone is 2. The fourth-order valence-corrected chi connectivity index (χ4v) is 7.42. The molecule has 0 amide bonds. The minimum atomic E-state index is 0.171. The smallest absolute Gasteiger partial charge is 0.0767 e. The van der Waals surface area contributed by atoms with Gasteiger partial charge in [0.2, 0.25) is 0 Å². The first-order chi connectivity index (χ1) is 14.3. The third kappa shape index (κ3) is 1.99. The second-order valence-electron chi connectivity index (χ2n) is 9.53. The lowest BCUT2D eigenvalue weighted by Crippen LogP contribution is -2.50. The van der Waals surface area contributed by atoms with E-state index in [0.29, 0.717) is 29.6 Å². The van der Waals surface area contributed by atoms with Crippen molar-refractivity contribution in [3.05, 3.63) is 96.1 Å². The lowest BCUT2D eigenvalue weighted by molar-refractivity contribution is 0.112. The van der Waals surface area contributed by atoms with Gasteiger partial charge >= 0.3 is 0 Å². The molecule has 2 aromatic carbocycles. The maximum atomic E-state index is 4.05. The third-order valence-corrected chi connectivity index (χ3v) is 8.41. The highest BCUT2D eigenvalue weighted by atomic mass is 15.5. The predicted molar refractivity (Wildman–Crippen MR) is 115 cm³/mol. The van der Waals surface area contributed by atoms with Gasteiger partial charge in [-0.3, -0.25) is 15.1 Å². The number of hydrogen-bond acceptors (Lipinski definition) is 3. The van der Waals surface area contributed by atoms with Crippen LogP contribution in [-0.2, 0) is 12.1 Å². The van der Waals surface area contributed by atoms with Crippen molar-refractivity contribution in [3.8, 4) is 0 Å². The number of likely N-dealkylation sites (tertiary alicyclic amines) is 1. The van der Waals surface area contributed by atoms with E-state index in [4.69, 9.17) is 0 Å². The van der Waals surface area contributed by atoms with E-state index in [2.05, 4.69) is 100 Å². The van der Waals surface area contributed by atoms with E-state index in [1.807, 2.05) is 0 Å². The van der Waals surface area contributed by atoms with Crippen molar-refractivity contribution < 1.29 is 0 Å². The van der Waals surface area contributed by atoms with E-state index in [0.717, 1.165) is 6.54 Å². The Balaban J connectivity index is 1.36. The Bertz CT molecular complexity index is 999. The van der Waals surface area contributed by atoms with Crippen LogP contribution in [0.25, 0.3) is 0 Å². The van der Waals surface area contributed by atoms with Gasteiger partial charge in [-0.25, -0.2) is 0 Å². The Morgan fingerprint density at radius 3 is 2.52 bits per heavy atom. The van der Waals surface area contributed by atoms with Crippen molar-refractivity contribution in [2.24, 2.45) is 11.3 Å². The number of benzene rings is 2. The van der Waals surface area contributed by atoms with Crippen LogP contribution in [0.3, 0.4) is 0 Å². The van der Waals surface area contributed by atoms with E-state index in [1.165, 1.54) is 30.6 Å². The highest BCUT2D eigenvalue weighted by Crippen LogP contribution is 2.70. The molecule has 0 aromatic heterocycles. The topological polar surface area (TPSA) is 18.3 Å². The molecule has 1 N–H and O–H groups in total. The Kier molecular flexibility index (Phi) is 3.25. The normalized spacial score (nSPS) is 43.7. The minimum Gasteiger partial charge on any atom is -0.294 e. The summed E-state index contributed by atoms with van der Waals surface area (Å²) in [4.78, 5) is 5.60. The summed E-state index contributed by atoms with van der Waals surface area (Å²) < 4.78 is 0. The van der Waals surface area contributed by atoms with E-state index >= 15 is 0 Å². The maximum Gasteiger partial charge on any atom is 0.0767 e. The summed E-state index contributed by atoms with van der Waals surface area (Å²) in [6, 6.07) is 23.4. The Labute approximate surface area is 172 Å². The van der Waals surface area contributed by atoms with Gasteiger partial charge in [0, 0.05) is 36.5 Å². The summed E-state index contributed by atoms with van der Waals surface area (Å²) in [6.45, 7) is 3.43. The van der Waals surface area contributed by atoms with Gasteiger partial charge in [-0.2, -0.15) is 0 Å². The van der Waals surface area contributed by atoms with Gasteiger partial charge in [0.1, 0.15) is 0 Å². The minimum absolute atomic E-state index is 0.171. The zero-order chi connectivity index (χ0) is 19.1. The van der Waals surface area contributed by atoms with Crippen LogP contribution in [0.4, 0.5) is 0 Å². The van der Waals surface area contributed by atoms with Crippen LogP contribution in [0.5, 0.6) is 0 Å². The standard InChI is InChI=1S/C26H27N3/c1-3-9-19(10-4-1)17-28-16-15-25-21-13-7-8-14-22(21)27-24(25)29-18-26(29,23(25)28)20-11-5-2-6-12-20/h1-14,21-24,27H,15-18H2/t21?,22?,23-,24?,25-,26+,29?/m1/s1. The van der Waals surface area contributed by atoms with Crippen LogP contribution < -0.4 is 5.32 Å². The van der Waals surface area contributed by atoms with Crippen LogP contribution in [0, 0.1) is 11.3 Å². The lowest BCUT2D eigenvalue weighted by Gasteiger charge is -2.41. The molecule has 0 bridgehead atoms. The van der Waals surface area contributed by atoms with Crippen LogP contribution >= 0.6 is 0 Å². The summed E-state index contributed by atoms with van der Waals surface area (Å²) in [5.41, 5.74) is 3.41. The average Bonchev–Trinajstić information content (AvgIpc) is 3.14. The Hall–Kier alpha value is -2.20. The monoisotopic (exact) mass is 381 g/mol.